The number of piperidine rings is 1. The van der Waals surface area contributed by atoms with Crippen LogP contribution in [0.1, 0.15) is 45.2 Å². The van der Waals surface area contributed by atoms with Crippen molar-refractivity contribution in [1.82, 2.24) is 4.90 Å². The van der Waals surface area contributed by atoms with Gasteiger partial charge in [0.1, 0.15) is 0 Å². The Bertz CT molecular complexity index is 384. The molecule has 2 rings (SSSR count). The Kier molecular flexibility index (Phi) is 3.43. The van der Waals surface area contributed by atoms with Gasteiger partial charge in [0.05, 0.1) is 0 Å². The first-order valence-corrected chi connectivity index (χ1v) is 6.57. The molecule has 1 aromatic carbocycles. The molecule has 0 spiro atoms. The molecule has 1 fully saturated rings. The molecule has 0 saturated carbocycles. The Balaban J connectivity index is 2.12. The zero-order valence-electron chi connectivity index (χ0n) is 11.2. The van der Waals surface area contributed by atoms with E-state index < -0.39 is 0 Å². The highest BCUT2D eigenvalue weighted by atomic mass is 15.2. The summed E-state index contributed by atoms with van der Waals surface area (Å²) in [6.45, 7) is 9.41. The summed E-state index contributed by atoms with van der Waals surface area (Å²) in [6, 6.07) is 8.76. The average molecular weight is 232 g/mol. The first kappa shape index (κ1) is 12.4. The summed E-state index contributed by atoms with van der Waals surface area (Å²) >= 11 is 0. The topological polar surface area (TPSA) is 29.3 Å². The van der Waals surface area contributed by atoms with Gasteiger partial charge in [0, 0.05) is 18.3 Å². The molecule has 2 nitrogen and oxygen atoms in total. The van der Waals surface area contributed by atoms with Gasteiger partial charge in [-0.2, -0.15) is 0 Å². The van der Waals surface area contributed by atoms with Crippen molar-refractivity contribution in [3.05, 3.63) is 29.8 Å². The molecule has 1 heterocycles. The van der Waals surface area contributed by atoms with Gasteiger partial charge in [0.15, 0.2) is 0 Å². The second kappa shape index (κ2) is 4.69. The second-order valence-corrected chi connectivity index (χ2v) is 6.08. The summed E-state index contributed by atoms with van der Waals surface area (Å²) in [7, 11) is 0. The van der Waals surface area contributed by atoms with E-state index in [9.17, 15) is 0 Å². The van der Waals surface area contributed by atoms with E-state index in [4.69, 9.17) is 5.73 Å². The minimum atomic E-state index is 0.451. The number of likely N-dealkylation sites (tertiary alicyclic amines) is 1. The van der Waals surface area contributed by atoms with Gasteiger partial charge in [-0.05, 0) is 49.4 Å². The van der Waals surface area contributed by atoms with E-state index in [2.05, 4.69) is 43.9 Å². The highest BCUT2D eigenvalue weighted by molar-refractivity contribution is 5.41. The van der Waals surface area contributed by atoms with Crippen molar-refractivity contribution in [1.29, 1.82) is 0 Å². The molecule has 1 aliphatic heterocycles. The first-order chi connectivity index (χ1) is 7.98. The van der Waals surface area contributed by atoms with E-state index in [0.717, 1.165) is 5.69 Å². The second-order valence-electron chi connectivity index (χ2n) is 6.08. The highest BCUT2D eigenvalue weighted by Crippen LogP contribution is 2.33. The molecule has 2 N–H and O–H groups in total. The van der Waals surface area contributed by atoms with E-state index in [1.807, 2.05) is 6.07 Å². The number of nitrogens with zero attached hydrogens (tertiary/aromatic N) is 1. The molecular formula is C15H24N2. The Labute approximate surface area is 105 Å². The normalized spacial score (nSPS) is 22.3. The van der Waals surface area contributed by atoms with Gasteiger partial charge in [-0.15, -0.1) is 0 Å². The van der Waals surface area contributed by atoms with Crippen LogP contribution in [0.4, 0.5) is 5.69 Å². The smallest absolute Gasteiger partial charge is 0.0320 e. The Morgan fingerprint density at radius 1 is 1.35 bits per heavy atom. The molecule has 0 aliphatic carbocycles. The van der Waals surface area contributed by atoms with E-state index >= 15 is 0 Å². The average Bonchev–Trinajstić information content (AvgIpc) is 2.26. The maximum atomic E-state index is 5.86. The molecule has 1 saturated heterocycles. The van der Waals surface area contributed by atoms with Crippen LogP contribution in [0.5, 0.6) is 0 Å². The number of nitrogens with two attached hydrogens (primary N) is 1. The molecule has 17 heavy (non-hydrogen) atoms. The predicted octanol–water partition coefficient (Wildman–Crippen LogP) is 3.45. The number of hydrogen-bond acceptors (Lipinski definition) is 2. The number of benzene rings is 1. The molecular weight excluding hydrogens is 208 g/mol. The van der Waals surface area contributed by atoms with E-state index in [1.54, 1.807) is 0 Å². The molecule has 0 bridgehead atoms. The van der Waals surface area contributed by atoms with Gasteiger partial charge in [-0.1, -0.05) is 26.0 Å². The Morgan fingerprint density at radius 2 is 2.12 bits per heavy atom. The van der Waals surface area contributed by atoms with Gasteiger partial charge in [0.25, 0.3) is 0 Å². The standard InChI is InChI=1S/C15H24N2/c1-12(13-6-4-7-14(16)10-13)17-9-5-8-15(2,3)11-17/h4,6-7,10,12H,5,8-9,11,16H2,1-3H3. The van der Waals surface area contributed by atoms with Crippen LogP contribution < -0.4 is 5.73 Å². The molecule has 2 heteroatoms. The third-order valence-corrected chi connectivity index (χ3v) is 3.87. The van der Waals surface area contributed by atoms with Crippen molar-refractivity contribution in [3.8, 4) is 0 Å². The molecule has 1 unspecified atom stereocenters. The van der Waals surface area contributed by atoms with Crippen molar-refractivity contribution >= 4 is 5.69 Å². The van der Waals surface area contributed by atoms with E-state index in [-0.39, 0.29) is 0 Å². The molecule has 1 atom stereocenters. The highest BCUT2D eigenvalue weighted by Gasteiger charge is 2.29. The lowest BCUT2D eigenvalue weighted by atomic mass is 9.83. The third-order valence-electron chi connectivity index (χ3n) is 3.87. The maximum absolute atomic E-state index is 5.86. The molecule has 1 aromatic rings. The summed E-state index contributed by atoms with van der Waals surface area (Å²) in [6.07, 6.45) is 2.65. The van der Waals surface area contributed by atoms with Gasteiger partial charge >= 0.3 is 0 Å². The molecule has 0 amide bonds. The fraction of sp³-hybridized carbons (Fsp3) is 0.600. The van der Waals surface area contributed by atoms with Gasteiger partial charge in [0.2, 0.25) is 0 Å². The van der Waals surface area contributed by atoms with Crippen LogP contribution in [-0.2, 0) is 0 Å². The maximum Gasteiger partial charge on any atom is 0.0320 e. The van der Waals surface area contributed by atoms with E-state index in [0.29, 0.717) is 11.5 Å². The van der Waals surface area contributed by atoms with Crippen molar-refractivity contribution < 1.29 is 0 Å². The van der Waals surface area contributed by atoms with Gasteiger partial charge in [-0.3, -0.25) is 4.90 Å². The zero-order valence-corrected chi connectivity index (χ0v) is 11.2. The fourth-order valence-corrected chi connectivity index (χ4v) is 2.83. The van der Waals surface area contributed by atoms with Gasteiger partial charge in [-0.25, -0.2) is 0 Å². The fourth-order valence-electron chi connectivity index (χ4n) is 2.83. The van der Waals surface area contributed by atoms with Crippen LogP contribution in [0.15, 0.2) is 24.3 Å². The zero-order chi connectivity index (χ0) is 12.5. The number of anilines is 1. The monoisotopic (exact) mass is 232 g/mol. The van der Waals surface area contributed by atoms with Crippen molar-refractivity contribution in [3.63, 3.8) is 0 Å². The summed E-state index contributed by atoms with van der Waals surface area (Å²) in [5.74, 6) is 0. The minimum absolute atomic E-state index is 0.451. The van der Waals surface area contributed by atoms with Crippen LogP contribution in [0.25, 0.3) is 0 Å². The SMILES string of the molecule is CC(c1cccc(N)c1)N1CCCC(C)(C)C1. The summed E-state index contributed by atoms with van der Waals surface area (Å²) < 4.78 is 0. The minimum Gasteiger partial charge on any atom is -0.399 e. The molecule has 0 aromatic heterocycles. The predicted molar refractivity (Wildman–Crippen MR) is 73.9 cm³/mol. The Morgan fingerprint density at radius 3 is 2.76 bits per heavy atom. The van der Waals surface area contributed by atoms with Crippen molar-refractivity contribution in [2.45, 2.75) is 39.7 Å². The summed E-state index contributed by atoms with van der Waals surface area (Å²) in [4.78, 5) is 2.58. The molecule has 94 valence electrons. The quantitative estimate of drug-likeness (QED) is 0.791. The molecule has 0 radical (unpaired) electrons. The largest absolute Gasteiger partial charge is 0.399 e. The lowest BCUT2D eigenvalue weighted by Gasteiger charge is -2.41. The van der Waals surface area contributed by atoms with Crippen LogP contribution in [0.2, 0.25) is 0 Å². The molecule has 1 aliphatic rings. The Hall–Kier alpha value is -1.02. The van der Waals surface area contributed by atoms with Gasteiger partial charge < -0.3 is 5.73 Å². The number of nitrogen functional groups attached to an aromatic ring is 1. The lowest BCUT2D eigenvalue weighted by molar-refractivity contribution is 0.0846. The number of hydrogen-bond donors (Lipinski definition) is 1. The third kappa shape index (κ3) is 3.01. The van der Waals surface area contributed by atoms with Crippen LogP contribution in [0.3, 0.4) is 0 Å². The van der Waals surface area contributed by atoms with Crippen LogP contribution in [0, 0.1) is 5.41 Å². The number of rotatable bonds is 2. The van der Waals surface area contributed by atoms with E-state index in [1.165, 1.54) is 31.5 Å². The lowest BCUT2D eigenvalue weighted by Crippen LogP contribution is -2.41. The van der Waals surface area contributed by atoms with Crippen molar-refractivity contribution in [2.24, 2.45) is 5.41 Å². The summed E-state index contributed by atoms with van der Waals surface area (Å²) in [5, 5.41) is 0. The van der Waals surface area contributed by atoms with Crippen LogP contribution >= 0.6 is 0 Å². The van der Waals surface area contributed by atoms with Crippen LogP contribution in [-0.4, -0.2) is 18.0 Å². The first-order valence-electron chi connectivity index (χ1n) is 6.57. The summed E-state index contributed by atoms with van der Waals surface area (Å²) in [5.41, 5.74) is 8.51. The van der Waals surface area contributed by atoms with Crippen molar-refractivity contribution in [2.75, 3.05) is 18.8 Å².